The van der Waals surface area contributed by atoms with Crippen molar-refractivity contribution in [3.8, 4) is 11.5 Å². The van der Waals surface area contributed by atoms with E-state index < -0.39 is 5.97 Å². The predicted octanol–water partition coefficient (Wildman–Crippen LogP) is 6.60. The van der Waals surface area contributed by atoms with Crippen LogP contribution >= 0.6 is 31.9 Å². The van der Waals surface area contributed by atoms with Crippen molar-refractivity contribution in [1.29, 1.82) is 0 Å². The lowest BCUT2D eigenvalue weighted by Crippen LogP contribution is -2.03. The molecular formula is C24H20Br2O4. The van der Waals surface area contributed by atoms with Crippen LogP contribution in [-0.2, 0) is 29.4 Å². The summed E-state index contributed by atoms with van der Waals surface area (Å²) >= 11 is 6.85. The van der Waals surface area contributed by atoms with Gasteiger partial charge in [0, 0.05) is 21.1 Å². The zero-order chi connectivity index (χ0) is 21.3. The molecule has 0 amide bonds. The van der Waals surface area contributed by atoms with Crippen LogP contribution in [-0.4, -0.2) is 5.97 Å². The van der Waals surface area contributed by atoms with Crippen molar-refractivity contribution in [2.75, 3.05) is 0 Å². The molecule has 0 spiro atoms. The van der Waals surface area contributed by atoms with Crippen LogP contribution in [0.2, 0.25) is 0 Å². The van der Waals surface area contributed by atoms with Gasteiger partial charge in [-0.3, -0.25) is 0 Å². The largest absolute Gasteiger partial charge is 0.489 e. The maximum absolute atomic E-state index is 11.4. The second-order valence-corrected chi connectivity index (χ2v) is 8.29. The van der Waals surface area contributed by atoms with E-state index in [1.807, 2.05) is 66.7 Å². The fourth-order valence-corrected chi connectivity index (χ4v) is 3.12. The molecule has 0 N–H and O–H groups in total. The first kappa shape index (κ1) is 22.1. The summed E-state index contributed by atoms with van der Waals surface area (Å²) in [6, 6.07) is 21.3. The third-order valence-corrected chi connectivity index (χ3v) is 5.18. The van der Waals surface area contributed by atoms with Gasteiger partial charge in [-0.15, -0.1) is 0 Å². The number of esters is 1. The van der Waals surface area contributed by atoms with Gasteiger partial charge in [0.25, 0.3) is 0 Å². The average molecular weight is 532 g/mol. The van der Waals surface area contributed by atoms with Crippen LogP contribution < -0.4 is 9.47 Å². The van der Waals surface area contributed by atoms with E-state index >= 15 is 0 Å². The van der Waals surface area contributed by atoms with Crippen LogP contribution in [0.3, 0.4) is 0 Å². The van der Waals surface area contributed by atoms with Crippen molar-refractivity contribution in [1.82, 2.24) is 0 Å². The SMILES string of the molecule is C=CC(=O)OCc1cc(OCc2ccc(Br)cc2)cc(OCc2ccc(Br)cc2)c1. The van der Waals surface area contributed by atoms with Gasteiger partial charge >= 0.3 is 5.97 Å². The number of benzene rings is 3. The van der Waals surface area contributed by atoms with Crippen molar-refractivity contribution in [3.05, 3.63) is 105 Å². The minimum atomic E-state index is -0.478. The van der Waals surface area contributed by atoms with E-state index in [0.717, 1.165) is 31.7 Å². The minimum absolute atomic E-state index is 0.106. The molecule has 0 bridgehead atoms. The molecule has 0 aliphatic carbocycles. The van der Waals surface area contributed by atoms with Gasteiger partial charge in [-0.2, -0.15) is 0 Å². The number of hydrogen-bond donors (Lipinski definition) is 0. The molecule has 0 saturated carbocycles. The highest BCUT2D eigenvalue weighted by Gasteiger charge is 2.07. The Balaban J connectivity index is 1.72. The summed E-state index contributed by atoms with van der Waals surface area (Å²) < 4.78 is 19.1. The summed E-state index contributed by atoms with van der Waals surface area (Å²) in [7, 11) is 0. The highest BCUT2D eigenvalue weighted by molar-refractivity contribution is 9.10. The Kier molecular flexibility index (Phi) is 8.11. The van der Waals surface area contributed by atoms with Crippen molar-refractivity contribution < 1.29 is 19.0 Å². The van der Waals surface area contributed by atoms with Crippen LogP contribution in [0, 0.1) is 0 Å². The minimum Gasteiger partial charge on any atom is -0.489 e. The molecule has 154 valence electrons. The van der Waals surface area contributed by atoms with E-state index in [1.165, 1.54) is 0 Å². The number of rotatable bonds is 9. The predicted molar refractivity (Wildman–Crippen MR) is 123 cm³/mol. The quantitative estimate of drug-likeness (QED) is 0.230. The molecule has 3 rings (SSSR count). The molecule has 0 aliphatic rings. The Labute approximate surface area is 192 Å². The number of hydrogen-bond acceptors (Lipinski definition) is 4. The van der Waals surface area contributed by atoms with Crippen LogP contribution in [0.5, 0.6) is 11.5 Å². The Morgan fingerprint density at radius 1 is 0.733 bits per heavy atom. The molecule has 3 aromatic carbocycles. The van der Waals surface area contributed by atoms with Crippen molar-refractivity contribution in [2.45, 2.75) is 19.8 Å². The second-order valence-electron chi connectivity index (χ2n) is 6.45. The molecule has 0 aromatic heterocycles. The van der Waals surface area contributed by atoms with E-state index in [1.54, 1.807) is 0 Å². The van der Waals surface area contributed by atoms with Gasteiger partial charge in [0.2, 0.25) is 0 Å². The van der Waals surface area contributed by atoms with Gasteiger partial charge in [0.15, 0.2) is 0 Å². The van der Waals surface area contributed by atoms with E-state index in [0.29, 0.717) is 24.7 Å². The average Bonchev–Trinajstić information content (AvgIpc) is 2.76. The number of carbonyl (C=O) groups excluding carboxylic acids is 1. The lowest BCUT2D eigenvalue weighted by molar-refractivity contribution is -0.138. The normalized spacial score (nSPS) is 10.3. The molecule has 0 heterocycles. The topological polar surface area (TPSA) is 44.8 Å². The summed E-state index contributed by atoms with van der Waals surface area (Å²) in [5, 5.41) is 0. The molecule has 0 atom stereocenters. The fraction of sp³-hybridized carbons (Fsp3) is 0.125. The molecule has 0 radical (unpaired) electrons. The van der Waals surface area contributed by atoms with Crippen molar-refractivity contribution >= 4 is 37.8 Å². The lowest BCUT2D eigenvalue weighted by atomic mass is 10.2. The third kappa shape index (κ3) is 7.04. The van der Waals surface area contributed by atoms with E-state index in [4.69, 9.17) is 14.2 Å². The van der Waals surface area contributed by atoms with Crippen LogP contribution in [0.1, 0.15) is 16.7 Å². The summed E-state index contributed by atoms with van der Waals surface area (Å²) in [6.07, 6.45) is 1.14. The number of halogens is 2. The first-order chi connectivity index (χ1) is 14.5. The van der Waals surface area contributed by atoms with Crippen LogP contribution in [0.15, 0.2) is 88.3 Å². The van der Waals surface area contributed by atoms with E-state index in [-0.39, 0.29) is 6.61 Å². The Morgan fingerprint density at radius 3 is 1.63 bits per heavy atom. The number of carbonyl (C=O) groups is 1. The van der Waals surface area contributed by atoms with Gasteiger partial charge in [0.05, 0.1) is 0 Å². The Morgan fingerprint density at radius 2 is 1.20 bits per heavy atom. The second kappa shape index (κ2) is 11.0. The van der Waals surface area contributed by atoms with Crippen LogP contribution in [0.4, 0.5) is 0 Å². The summed E-state index contributed by atoms with van der Waals surface area (Å²) in [5.74, 6) is 0.792. The van der Waals surface area contributed by atoms with E-state index in [9.17, 15) is 4.79 Å². The molecule has 0 unspecified atom stereocenters. The van der Waals surface area contributed by atoms with Crippen molar-refractivity contribution in [2.24, 2.45) is 0 Å². The molecule has 0 saturated heterocycles. The van der Waals surface area contributed by atoms with Gasteiger partial charge in [-0.05, 0) is 53.1 Å². The fourth-order valence-electron chi connectivity index (χ4n) is 2.59. The highest BCUT2D eigenvalue weighted by atomic mass is 79.9. The Hall–Kier alpha value is -2.57. The molecule has 0 fully saturated rings. The van der Waals surface area contributed by atoms with E-state index in [2.05, 4.69) is 38.4 Å². The first-order valence-corrected chi connectivity index (χ1v) is 10.8. The summed E-state index contributed by atoms with van der Waals surface area (Å²) in [4.78, 5) is 11.4. The summed E-state index contributed by atoms with van der Waals surface area (Å²) in [6.45, 7) is 4.35. The maximum atomic E-state index is 11.4. The zero-order valence-electron chi connectivity index (χ0n) is 16.1. The molecule has 3 aromatic rings. The summed E-state index contributed by atoms with van der Waals surface area (Å²) in [5.41, 5.74) is 2.85. The lowest BCUT2D eigenvalue weighted by Gasteiger charge is -2.13. The monoisotopic (exact) mass is 530 g/mol. The molecule has 4 nitrogen and oxygen atoms in total. The molecule has 6 heteroatoms. The molecule has 30 heavy (non-hydrogen) atoms. The standard InChI is InChI=1S/C24H20Br2O4/c1-2-24(27)30-16-19-11-22(28-14-17-3-7-20(25)8-4-17)13-23(12-19)29-15-18-5-9-21(26)10-6-18/h2-13H,1,14-16H2. The van der Waals surface area contributed by atoms with Crippen LogP contribution in [0.25, 0.3) is 0 Å². The smallest absolute Gasteiger partial charge is 0.330 e. The molecule has 0 aliphatic heterocycles. The number of ether oxygens (including phenoxy) is 3. The third-order valence-electron chi connectivity index (χ3n) is 4.13. The zero-order valence-corrected chi connectivity index (χ0v) is 19.3. The van der Waals surface area contributed by atoms with Gasteiger partial charge in [0.1, 0.15) is 31.3 Å². The first-order valence-electron chi connectivity index (χ1n) is 9.19. The van der Waals surface area contributed by atoms with Crippen molar-refractivity contribution in [3.63, 3.8) is 0 Å². The maximum Gasteiger partial charge on any atom is 0.330 e. The van der Waals surface area contributed by atoms with Gasteiger partial charge in [-0.1, -0.05) is 62.7 Å². The van der Waals surface area contributed by atoms with Gasteiger partial charge in [-0.25, -0.2) is 4.79 Å². The highest BCUT2D eigenvalue weighted by Crippen LogP contribution is 2.26. The van der Waals surface area contributed by atoms with Gasteiger partial charge < -0.3 is 14.2 Å². The Bertz CT molecular complexity index is 931. The molecular weight excluding hydrogens is 512 g/mol.